The van der Waals surface area contributed by atoms with Crippen molar-refractivity contribution >= 4 is 15.9 Å². The number of hydrogen-bond donors (Lipinski definition) is 1. The molecule has 1 atom stereocenters. The minimum Gasteiger partial charge on any atom is -0.459 e. The van der Waals surface area contributed by atoms with Crippen LogP contribution in [0.25, 0.3) is 0 Å². The number of amides is 1. The highest BCUT2D eigenvalue weighted by atomic mass is 32.2. The maximum Gasteiger partial charge on any atom is 0.289 e. The Morgan fingerprint density at radius 2 is 2.35 bits per heavy atom. The Bertz CT molecular complexity index is 494. The summed E-state index contributed by atoms with van der Waals surface area (Å²) in [4.78, 5) is 13.5. The second kappa shape index (κ2) is 4.50. The summed E-state index contributed by atoms with van der Waals surface area (Å²) >= 11 is 0. The summed E-state index contributed by atoms with van der Waals surface area (Å²) in [5, 5.41) is 4.98. The van der Waals surface area contributed by atoms with E-state index in [1.54, 1.807) is 17.0 Å². The number of carbonyl (C=O) groups excluding carboxylic acids is 1. The summed E-state index contributed by atoms with van der Waals surface area (Å²) < 4.78 is 26.9. The first kappa shape index (κ1) is 12.1. The molecule has 1 aromatic rings. The molecule has 0 spiro atoms. The zero-order valence-electron chi connectivity index (χ0n) is 9.20. The molecule has 0 radical (unpaired) electrons. The van der Waals surface area contributed by atoms with Crippen LogP contribution in [0.4, 0.5) is 0 Å². The lowest BCUT2D eigenvalue weighted by Crippen LogP contribution is -2.30. The molecular formula is C10H14N2O4S. The van der Waals surface area contributed by atoms with E-state index in [0.717, 1.165) is 0 Å². The van der Waals surface area contributed by atoms with Gasteiger partial charge in [-0.05, 0) is 24.5 Å². The van der Waals surface area contributed by atoms with Gasteiger partial charge in [-0.25, -0.2) is 13.6 Å². The summed E-state index contributed by atoms with van der Waals surface area (Å²) in [6, 6.07) is 3.24. The van der Waals surface area contributed by atoms with Crippen LogP contribution in [-0.2, 0) is 10.0 Å². The number of sulfonamides is 1. The van der Waals surface area contributed by atoms with Crippen molar-refractivity contribution in [1.82, 2.24) is 4.90 Å². The van der Waals surface area contributed by atoms with Crippen LogP contribution in [0.1, 0.15) is 17.0 Å². The van der Waals surface area contributed by atoms with Crippen LogP contribution in [0.2, 0.25) is 0 Å². The Kier molecular flexibility index (Phi) is 3.21. The molecule has 1 aliphatic heterocycles. The van der Waals surface area contributed by atoms with E-state index in [4.69, 9.17) is 9.56 Å². The van der Waals surface area contributed by atoms with Gasteiger partial charge >= 0.3 is 0 Å². The lowest BCUT2D eigenvalue weighted by atomic mass is 10.2. The van der Waals surface area contributed by atoms with Crippen molar-refractivity contribution in [2.24, 2.45) is 11.1 Å². The van der Waals surface area contributed by atoms with E-state index in [-0.39, 0.29) is 23.3 Å². The van der Waals surface area contributed by atoms with Gasteiger partial charge in [0.05, 0.1) is 12.0 Å². The summed E-state index contributed by atoms with van der Waals surface area (Å²) in [5.41, 5.74) is 0. The molecule has 1 amide bonds. The van der Waals surface area contributed by atoms with Crippen molar-refractivity contribution in [3.05, 3.63) is 24.2 Å². The van der Waals surface area contributed by atoms with Crippen molar-refractivity contribution in [2.75, 3.05) is 18.8 Å². The first-order valence-corrected chi connectivity index (χ1v) is 7.00. The second-order valence-corrected chi connectivity index (χ2v) is 5.87. The normalized spacial score (nSPS) is 20.8. The number of rotatable bonds is 3. The van der Waals surface area contributed by atoms with Crippen LogP contribution >= 0.6 is 0 Å². The van der Waals surface area contributed by atoms with Crippen LogP contribution in [-0.4, -0.2) is 38.1 Å². The fourth-order valence-electron chi connectivity index (χ4n) is 2.04. The van der Waals surface area contributed by atoms with Crippen LogP contribution in [0, 0.1) is 5.92 Å². The molecule has 2 N–H and O–H groups in total. The molecule has 0 unspecified atom stereocenters. The molecule has 2 heterocycles. The molecule has 1 aromatic heterocycles. The number of furan rings is 1. The second-order valence-electron chi connectivity index (χ2n) is 4.21. The third-order valence-corrected chi connectivity index (χ3v) is 3.71. The first-order chi connectivity index (χ1) is 7.96. The number of primary sulfonamides is 1. The van der Waals surface area contributed by atoms with E-state index < -0.39 is 10.0 Å². The van der Waals surface area contributed by atoms with Crippen LogP contribution < -0.4 is 5.14 Å². The zero-order chi connectivity index (χ0) is 12.5. The molecule has 1 saturated heterocycles. The molecule has 7 heteroatoms. The van der Waals surface area contributed by atoms with Crippen molar-refractivity contribution in [3.8, 4) is 0 Å². The summed E-state index contributed by atoms with van der Waals surface area (Å²) in [7, 11) is -3.47. The van der Waals surface area contributed by atoms with E-state index >= 15 is 0 Å². The Balaban J connectivity index is 1.96. The summed E-state index contributed by atoms with van der Waals surface area (Å²) in [5.74, 6) is -0.0772. The molecule has 2 rings (SSSR count). The van der Waals surface area contributed by atoms with Gasteiger partial charge in [0.25, 0.3) is 5.91 Å². The Morgan fingerprint density at radius 3 is 2.94 bits per heavy atom. The number of nitrogens with zero attached hydrogens (tertiary/aromatic N) is 1. The van der Waals surface area contributed by atoms with Gasteiger partial charge in [0.15, 0.2) is 5.76 Å². The lowest BCUT2D eigenvalue weighted by molar-refractivity contribution is 0.0756. The van der Waals surface area contributed by atoms with Crippen molar-refractivity contribution in [2.45, 2.75) is 6.42 Å². The van der Waals surface area contributed by atoms with Crippen molar-refractivity contribution < 1.29 is 17.6 Å². The Morgan fingerprint density at radius 1 is 1.59 bits per heavy atom. The molecule has 1 aliphatic rings. The zero-order valence-corrected chi connectivity index (χ0v) is 10.0. The number of hydrogen-bond acceptors (Lipinski definition) is 4. The highest BCUT2D eigenvalue weighted by Gasteiger charge is 2.30. The molecule has 6 nitrogen and oxygen atoms in total. The SMILES string of the molecule is NS(=O)(=O)C[C@H]1CCN(C(=O)c2ccco2)C1. The van der Waals surface area contributed by atoms with Gasteiger partial charge in [0.1, 0.15) is 0 Å². The van der Waals surface area contributed by atoms with Gasteiger partial charge in [-0.1, -0.05) is 0 Å². The maximum absolute atomic E-state index is 11.9. The van der Waals surface area contributed by atoms with E-state index in [1.165, 1.54) is 6.26 Å². The predicted octanol–water partition coefficient (Wildman–Crippen LogP) is 0.0302. The van der Waals surface area contributed by atoms with Crippen LogP contribution in [0.3, 0.4) is 0 Å². The van der Waals surface area contributed by atoms with Crippen LogP contribution in [0.5, 0.6) is 0 Å². The topological polar surface area (TPSA) is 93.6 Å². The maximum atomic E-state index is 11.9. The number of nitrogens with two attached hydrogens (primary N) is 1. The van der Waals surface area contributed by atoms with E-state index in [0.29, 0.717) is 19.5 Å². The van der Waals surface area contributed by atoms with Gasteiger partial charge in [0, 0.05) is 13.1 Å². The fraction of sp³-hybridized carbons (Fsp3) is 0.500. The van der Waals surface area contributed by atoms with Crippen LogP contribution in [0.15, 0.2) is 22.8 Å². The number of carbonyl (C=O) groups is 1. The Labute approximate surface area is 99.4 Å². The third kappa shape index (κ3) is 3.07. The van der Waals surface area contributed by atoms with Gasteiger partial charge in [0.2, 0.25) is 10.0 Å². The van der Waals surface area contributed by atoms with E-state index in [9.17, 15) is 13.2 Å². The molecule has 94 valence electrons. The van der Waals surface area contributed by atoms with E-state index in [2.05, 4.69) is 0 Å². The van der Waals surface area contributed by atoms with Gasteiger partial charge in [-0.15, -0.1) is 0 Å². The lowest BCUT2D eigenvalue weighted by Gasteiger charge is -2.14. The average Bonchev–Trinajstić information content (AvgIpc) is 2.83. The minimum absolute atomic E-state index is 0.0745. The van der Waals surface area contributed by atoms with Gasteiger partial charge in [-0.3, -0.25) is 4.79 Å². The standard InChI is InChI=1S/C10H14N2O4S/c11-17(14,15)7-8-3-4-12(6-8)10(13)9-2-1-5-16-9/h1-2,5,8H,3-4,6-7H2,(H2,11,14,15)/t8-/m0/s1. The predicted molar refractivity (Wildman–Crippen MR) is 60.7 cm³/mol. The largest absolute Gasteiger partial charge is 0.459 e. The fourth-order valence-corrected chi connectivity index (χ4v) is 2.97. The molecular weight excluding hydrogens is 244 g/mol. The first-order valence-electron chi connectivity index (χ1n) is 5.29. The number of likely N-dealkylation sites (tertiary alicyclic amines) is 1. The smallest absolute Gasteiger partial charge is 0.289 e. The molecule has 1 fully saturated rings. The monoisotopic (exact) mass is 258 g/mol. The Hall–Kier alpha value is -1.34. The molecule has 0 saturated carbocycles. The average molecular weight is 258 g/mol. The highest BCUT2D eigenvalue weighted by Crippen LogP contribution is 2.19. The highest BCUT2D eigenvalue weighted by molar-refractivity contribution is 7.89. The molecule has 17 heavy (non-hydrogen) atoms. The minimum atomic E-state index is -3.47. The van der Waals surface area contributed by atoms with Crippen molar-refractivity contribution in [1.29, 1.82) is 0 Å². The molecule has 0 aromatic carbocycles. The third-order valence-electron chi connectivity index (χ3n) is 2.77. The molecule has 0 aliphatic carbocycles. The van der Waals surface area contributed by atoms with Gasteiger partial charge in [-0.2, -0.15) is 0 Å². The quantitative estimate of drug-likeness (QED) is 0.827. The summed E-state index contributed by atoms with van der Waals surface area (Å²) in [6.45, 7) is 0.954. The van der Waals surface area contributed by atoms with Crippen molar-refractivity contribution in [3.63, 3.8) is 0 Å². The summed E-state index contributed by atoms with van der Waals surface area (Å²) in [6.07, 6.45) is 2.09. The van der Waals surface area contributed by atoms with Gasteiger partial charge < -0.3 is 9.32 Å². The molecule has 0 bridgehead atoms. The van der Waals surface area contributed by atoms with E-state index in [1.807, 2.05) is 0 Å².